The highest BCUT2D eigenvalue weighted by Gasteiger charge is 2.35. The summed E-state index contributed by atoms with van der Waals surface area (Å²) in [6.45, 7) is -2.93. The van der Waals surface area contributed by atoms with Crippen molar-refractivity contribution in [2.45, 2.75) is 25.2 Å². The van der Waals surface area contributed by atoms with Crippen molar-refractivity contribution < 1.29 is 45.5 Å². The Morgan fingerprint density at radius 3 is 2.39 bits per heavy atom. The zero-order chi connectivity index (χ0) is 35.2. The molecule has 1 atom stereocenters. The lowest BCUT2D eigenvalue weighted by atomic mass is 10.0. The van der Waals surface area contributed by atoms with Crippen LogP contribution in [0.25, 0.3) is 27.9 Å². The van der Waals surface area contributed by atoms with Crippen molar-refractivity contribution in [3.8, 4) is 27.9 Å². The normalized spacial score (nSPS) is 12.5. The number of hydrogen-bond acceptors (Lipinski definition) is 6. The Morgan fingerprint density at radius 1 is 1.00 bits per heavy atom. The van der Waals surface area contributed by atoms with Gasteiger partial charge in [0, 0.05) is 35.2 Å². The van der Waals surface area contributed by atoms with Crippen LogP contribution in [0.4, 0.5) is 30.7 Å². The number of hydrogen-bond donors (Lipinski definition) is 2. The van der Waals surface area contributed by atoms with Gasteiger partial charge in [-0.15, -0.1) is 5.10 Å². The van der Waals surface area contributed by atoms with Crippen molar-refractivity contribution in [2.75, 3.05) is 0 Å². The quantitative estimate of drug-likeness (QED) is 0.111. The Labute approximate surface area is 275 Å². The van der Waals surface area contributed by atoms with Crippen LogP contribution in [0.5, 0.6) is 0 Å². The van der Waals surface area contributed by atoms with Crippen molar-refractivity contribution in [2.24, 2.45) is 5.73 Å². The van der Waals surface area contributed by atoms with Gasteiger partial charge in [0.2, 0.25) is 6.20 Å². The molecule has 6 rings (SSSR count). The maximum absolute atomic E-state index is 15.5. The number of carbonyl (C=O) groups excluding carboxylic acids is 1. The van der Waals surface area contributed by atoms with Gasteiger partial charge < -0.3 is 5.73 Å². The van der Waals surface area contributed by atoms with Crippen molar-refractivity contribution in [1.29, 1.82) is 0 Å². The van der Waals surface area contributed by atoms with E-state index in [0.29, 0.717) is 31.4 Å². The predicted octanol–water partition coefficient (Wildman–Crippen LogP) is 5.80. The minimum atomic E-state index is -4.83. The van der Waals surface area contributed by atoms with Crippen LogP contribution in [0.3, 0.4) is 0 Å². The molecule has 0 aliphatic carbocycles. The summed E-state index contributed by atoms with van der Waals surface area (Å²) in [5.74, 6) is -2.86. The molecule has 0 fully saturated rings. The Kier molecular flexibility index (Phi) is 8.57. The molecule has 0 aliphatic heterocycles. The standard InChI is InChI=1S/C30H19ClF7N9O2/c31-20-4-6-23(46-14-25(41-43-46)30(36,37)38)26(27(20)33)16-2-5-22(47(49)13-16)24(10-18-7-8-44(42-18)29(34)35)45-12-17(11-40-45)15-1-3-19(28(39)48)21(32)9-15/h1-9,11-14,24,29H,10H2,(H2-,39,48,49)/p+1/t24-/m1/s1. The van der Waals surface area contributed by atoms with Gasteiger partial charge in [-0.1, -0.05) is 22.9 Å². The smallest absolute Gasteiger partial charge is 0.366 e. The summed E-state index contributed by atoms with van der Waals surface area (Å²) in [6, 6.07) is 9.09. The van der Waals surface area contributed by atoms with Crippen molar-refractivity contribution in [3.05, 3.63) is 119 Å². The lowest BCUT2D eigenvalue weighted by molar-refractivity contribution is -0.910. The third-order valence-corrected chi connectivity index (χ3v) is 7.74. The molecule has 19 heteroatoms. The first-order chi connectivity index (χ1) is 23.2. The molecule has 11 nitrogen and oxygen atoms in total. The SMILES string of the molecule is NC(=O)c1ccc(-c2cnn([C@H](Cc3ccn(C(F)F)n3)c3ccc(-c4c(-n5cc(C(F)(F)F)nn5)ccc(Cl)c4F)c[n+]3O)c2)cc1F. The summed E-state index contributed by atoms with van der Waals surface area (Å²) in [5.41, 5.74) is 3.90. The number of nitrogens with zero attached hydrogens (tertiary/aromatic N) is 8. The molecule has 1 amide bonds. The Morgan fingerprint density at radius 2 is 1.76 bits per heavy atom. The fourth-order valence-corrected chi connectivity index (χ4v) is 5.27. The van der Waals surface area contributed by atoms with Gasteiger partial charge >= 0.3 is 12.7 Å². The van der Waals surface area contributed by atoms with Crippen LogP contribution in [-0.2, 0) is 12.6 Å². The third-order valence-electron chi connectivity index (χ3n) is 7.45. The number of nitrogens with two attached hydrogens (primary N) is 1. The van der Waals surface area contributed by atoms with E-state index >= 15 is 4.39 Å². The van der Waals surface area contributed by atoms with Gasteiger partial charge in [0.1, 0.15) is 11.9 Å². The van der Waals surface area contributed by atoms with E-state index in [1.165, 1.54) is 53.5 Å². The molecule has 0 saturated heterocycles. The number of aromatic nitrogens is 8. The average Bonchev–Trinajstić information content (AvgIpc) is 3.82. The second kappa shape index (κ2) is 12.7. The highest BCUT2D eigenvalue weighted by Crippen LogP contribution is 2.35. The van der Waals surface area contributed by atoms with Gasteiger partial charge in [-0.25, -0.2) is 18.1 Å². The van der Waals surface area contributed by atoms with Gasteiger partial charge in [-0.2, -0.15) is 32.1 Å². The number of pyridine rings is 1. The molecule has 0 saturated carbocycles. The summed E-state index contributed by atoms with van der Waals surface area (Å²) >= 11 is 6.01. The van der Waals surface area contributed by atoms with E-state index in [9.17, 15) is 36.3 Å². The first-order valence-corrected chi connectivity index (χ1v) is 14.3. The lowest BCUT2D eigenvalue weighted by Gasteiger charge is -2.15. The average molecular weight is 707 g/mol. The van der Waals surface area contributed by atoms with Crippen LogP contribution in [0, 0.1) is 11.6 Å². The molecular weight excluding hydrogens is 687 g/mol. The first kappa shape index (κ1) is 33.1. The van der Waals surface area contributed by atoms with Crippen LogP contribution in [-0.4, -0.2) is 45.7 Å². The van der Waals surface area contributed by atoms with Crippen LogP contribution in [0.1, 0.15) is 40.0 Å². The minimum absolute atomic E-state index is 0.0443. The van der Waals surface area contributed by atoms with Crippen LogP contribution in [0.15, 0.2) is 79.5 Å². The Balaban J connectivity index is 1.42. The van der Waals surface area contributed by atoms with Crippen LogP contribution >= 0.6 is 11.6 Å². The number of primary amides is 1. The maximum atomic E-state index is 15.5. The predicted molar refractivity (Wildman–Crippen MR) is 156 cm³/mol. The van der Waals surface area contributed by atoms with Crippen molar-refractivity contribution in [1.82, 2.24) is 34.6 Å². The summed E-state index contributed by atoms with van der Waals surface area (Å²) in [7, 11) is 0. The zero-order valence-corrected chi connectivity index (χ0v) is 25.2. The molecule has 2 aromatic carbocycles. The fourth-order valence-electron chi connectivity index (χ4n) is 5.11. The number of halogens is 8. The van der Waals surface area contributed by atoms with Gasteiger partial charge in [0.15, 0.2) is 11.5 Å². The molecule has 252 valence electrons. The Hall–Kier alpha value is -5.78. The topological polar surface area (TPSA) is 134 Å². The van der Waals surface area contributed by atoms with Crippen LogP contribution in [0.2, 0.25) is 5.02 Å². The van der Waals surface area contributed by atoms with Crippen LogP contribution < -0.4 is 10.5 Å². The summed E-state index contributed by atoms with van der Waals surface area (Å²) < 4.78 is 99.3. The minimum Gasteiger partial charge on any atom is -0.366 e. The highest BCUT2D eigenvalue weighted by molar-refractivity contribution is 6.31. The monoisotopic (exact) mass is 706 g/mol. The van der Waals surface area contributed by atoms with E-state index in [4.69, 9.17) is 17.3 Å². The third kappa shape index (κ3) is 6.54. The highest BCUT2D eigenvalue weighted by atomic mass is 35.5. The van der Waals surface area contributed by atoms with Crippen molar-refractivity contribution in [3.63, 3.8) is 0 Å². The van der Waals surface area contributed by atoms with E-state index in [1.54, 1.807) is 0 Å². The molecule has 3 N–H and O–H groups in total. The maximum Gasteiger partial charge on any atom is 0.436 e. The molecule has 4 aromatic heterocycles. The van der Waals surface area contributed by atoms with Gasteiger partial charge in [0.05, 0.1) is 45.5 Å². The molecular formula is C30H20ClF7N9O2+. The van der Waals surface area contributed by atoms with E-state index in [-0.39, 0.29) is 45.2 Å². The number of alkyl halides is 5. The molecule has 0 unspecified atom stereocenters. The number of amides is 1. The molecule has 0 radical (unpaired) electrons. The molecule has 6 aromatic rings. The molecule has 0 aliphatic rings. The summed E-state index contributed by atoms with van der Waals surface area (Å²) in [6.07, 6.45) is 0.563. The van der Waals surface area contributed by atoms with E-state index in [1.807, 2.05) is 0 Å². The van der Waals surface area contributed by atoms with E-state index in [0.717, 1.165) is 24.5 Å². The molecule has 4 heterocycles. The summed E-state index contributed by atoms with van der Waals surface area (Å²) in [5, 5.41) is 25.6. The van der Waals surface area contributed by atoms with E-state index in [2.05, 4.69) is 20.5 Å². The second-order valence-electron chi connectivity index (χ2n) is 10.5. The lowest BCUT2D eigenvalue weighted by Crippen LogP contribution is -2.39. The van der Waals surface area contributed by atoms with E-state index < -0.39 is 42.0 Å². The molecule has 0 spiro atoms. The van der Waals surface area contributed by atoms with Crippen molar-refractivity contribution >= 4 is 17.5 Å². The van der Waals surface area contributed by atoms with Gasteiger partial charge in [-0.3, -0.25) is 14.7 Å². The first-order valence-electron chi connectivity index (χ1n) is 13.9. The van der Waals surface area contributed by atoms with Gasteiger partial charge in [0.25, 0.3) is 11.6 Å². The Bertz CT molecular complexity index is 2200. The summed E-state index contributed by atoms with van der Waals surface area (Å²) in [4.78, 5) is 11.5. The number of rotatable bonds is 9. The molecule has 49 heavy (non-hydrogen) atoms. The molecule has 0 bridgehead atoms. The fraction of sp³-hybridized carbons (Fsp3) is 0.133. The second-order valence-corrected chi connectivity index (χ2v) is 10.9. The zero-order valence-electron chi connectivity index (χ0n) is 24.4. The van der Waals surface area contributed by atoms with Gasteiger partial charge in [-0.05, 0) is 42.0 Å². The largest absolute Gasteiger partial charge is 0.436 e. The number of benzene rings is 2. The number of carbonyl (C=O) groups is 1.